The van der Waals surface area contributed by atoms with Crippen molar-refractivity contribution in [3.8, 4) is 0 Å². The van der Waals surface area contributed by atoms with Crippen molar-refractivity contribution in [2.75, 3.05) is 5.73 Å². The highest BCUT2D eigenvalue weighted by Gasteiger charge is 2.02. The second-order valence-electron chi connectivity index (χ2n) is 3.10. The fraction of sp³-hybridized carbons (Fsp3) is 0. The lowest BCUT2D eigenvalue weighted by Gasteiger charge is -1.92. The first kappa shape index (κ1) is 6.97. The van der Waals surface area contributed by atoms with Gasteiger partial charge in [-0.1, -0.05) is 0 Å². The van der Waals surface area contributed by atoms with Crippen LogP contribution in [0.25, 0.3) is 21.0 Å². The molecule has 0 aliphatic rings. The molecule has 0 amide bonds. The van der Waals surface area contributed by atoms with Gasteiger partial charge in [0.25, 0.3) is 0 Å². The SMILES string of the molecule is Nc1csc2cc3cc[nH]c3cc12. The second-order valence-corrected chi connectivity index (χ2v) is 4.02. The fourth-order valence-corrected chi connectivity index (χ4v) is 2.47. The van der Waals surface area contributed by atoms with Crippen molar-refractivity contribution in [2.24, 2.45) is 0 Å². The number of thiophene rings is 1. The molecule has 3 rings (SSSR count). The summed E-state index contributed by atoms with van der Waals surface area (Å²) in [5.74, 6) is 0. The normalized spacial score (nSPS) is 11.4. The minimum absolute atomic E-state index is 0.872. The molecular formula is C10H8N2S. The van der Waals surface area contributed by atoms with Crippen LogP contribution in [0.15, 0.2) is 29.8 Å². The number of anilines is 1. The summed E-state index contributed by atoms with van der Waals surface area (Å²) < 4.78 is 1.25. The van der Waals surface area contributed by atoms with Crippen molar-refractivity contribution in [2.45, 2.75) is 0 Å². The Labute approximate surface area is 79.0 Å². The van der Waals surface area contributed by atoms with E-state index in [1.54, 1.807) is 11.3 Å². The van der Waals surface area contributed by atoms with Crippen molar-refractivity contribution in [3.05, 3.63) is 29.8 Å². The van der Waals surface area contributed by atoms with Crippen LogP contribution in [0, 0.1) is 0 Å². The lowest BCUT2D eigenvalue weighted by molar-refractivity contribution is 1.48. The molecule has 3 heteroatoms. The predicted octanol–water partition coefficient (Wildman–Crippen LogP) is 2.96. The Morgan fingerprint density at radius 3 is 3.15 bits per heavy atom. The van der Waals surface area contributed by atoms with Crippen LogP contribution in [-0.4, -0.2) is 4.98 Å². The van der Waals surface area contributed by atoms with Gasteiger partial charge in [0, 0.05) is 32.6 Å². The van der Waals surface area contributed by atoms with Gasteiger partial charge in [0.05, 0.1) is 5.69 Å². The molecule has 2 aromatic heterocycles. The van der Waals surface area contributed by atoms with Crippen molar-refractivity contribution in [1.82, 2.24) is 4.98 Å². The molecule has 0 atom stereocenters. The molecule has 0 aliphatic carbocycles. The minimum atomic E-state index is 0.872. The molecule has 64 valence electrons. The molecule has 0 aliphatic heterocycles. The first-order chi connectivity index (χ1) is 6.34. The predicted molar refractivity (Wildman–Crippen MR) is 58.1 cm³/mol. The molecule has 2 nitrogen and oxygen atoms in total. The third kappa shape index (κ3) is 0.876. The number of H-pyrrole nitrogens is 1. The topological polar surface area (TPSA) is 41.8 Å². The van der Waals surface area contributed by atoms with Gasteiger partial charge in [0.1, 0.15) is 0 Å². The fourth-order valence-electron chi connectivity index (χ4n) is 1.59. The monoisotopic (exact) mass is 188 g/mol. The zero-order chi connectivity index (χ0) is 8.84. The average Bonchev–Trinajstić information content (AvgIpc) is 2.70. The molecular weight excluding hydrogens is 180 g/mol. The Balaban J connectivity index is 2.59. The summed E-state index contributed by atoms with van der Waals surface area (Å²) >= 11 is 1.69. The zero-order valence-corrected chi connectivity index (χ0v) is 7.69. The van der Waals surface area contributed by atoms with E-state index in [1.165, 1.54) is 10.1 Å². The first-order valence-electron chi connectivity index (χ1n) is 4.08. The van der Waals surface area contributed by atoms with Crippen LogP contribution in [-0.2, 0) is 0 Å². The van der Waals surface area contributed by atoms with Gasteiger partial charge >= 0.3 is 0 Å². The Morgan fingerprint density at radius 2 is 2.23 bits per heavy atom. The number of hydrogen-bond donors (Lipinski definition) is 2. The Kier molecular flexibility index (Phi) is 1.21. The quantitative estimate of drug-likeness (QED) is 0.559. The maximum atomic E-state index is 5.83. The number of nitrogen functional groups attached to an aromatic ring is 1. The summed E-state index contributed by atoms with van der Waals surface area (Å²) in [6.45, 7) is 0. The maximum absolute atomic E-state index is 5.83. The number of nitrogens with one attached hydrogen (secondary N) is 1. The molecule has 1 aromatic carbocycles. The van der Waals surface area contributed by atoms with Crippen LogP contribution in [0.1, 0.15) is 0 Å². The van der Waals surface area contributed by atoms with E-state index >= 15 is 0 Å². The summed E-state index contributed by atoms with van der Waals surface area (Å²) in [6, 6.07) is 6.35. The first-order valence-corrected chi connectivity index (χ1v) is 4.96. The molecule has 3 aromatic rings. The highest BCUT2D eigenvalue weighted by molar-refractivity contribution is 7.17. The second kappa shape index (κ2) is 2.26. The van der Waals surface area contributed by atoms with Crippen LogP contribution in [0.3, 0.4) is 0 Å². The molecule has 0 radical (unpaired) electrons. The van der Waals surface area contributed by atoms with Crippen molar-refractivity contribution < 1.29 is 0 Å². The minimum Gasteiger partial charge on any atom is -0.398 e. The van der Waals surface area contributed by atoms with Crippen molar-refractivity contribution in [1.29, 1.82) is 0 Å². The standard InChI is InChI=1S/C10H8N2S/c11-8-5-13-10-3-6-1-2-12-9(6)4-7(8)10/h1-5,12H,11H2. The third-order valence-electron chi connectivity index (χ3n) is 2.28. The van der Waals surface area contributed by atoms with Gasteiger partial charge < -0.3 is 10.7 Å². The van der Waals surface area contributed by atoms with Gasteiger partial charge in [-0.2, -0.15) is 0 Å². The van der Waals surface area contributed by atoms with Gasteiger partial charge in [0.2, 0.25) is 0 Å². The Hall–Kier alpha value is -1.48. The van der Waals surface area contributed by atoms with Crippen LogP contribution < -0.4 is 5.73 Å². The number of rotatable bonds is 0. The van der Waals surface area contributed by atoms with Crippen LogP contribution in [0.5, 0.6) is 0 Å². The molecule has 0 fully saturated rings. The number of fused-ring (bicyclic) bond motifs is 2. The van der Waals surface area contributed by atoms with E-state index in [0.29, 0.717) is 0 Å². The highest BCUT2D eigenvalue weighted by atomic mass is 32.1. The molecule has 0 unspecified atom stereocenters. The maximum Gasteiger partial charge on any atom is 0.0503 e. The van der Waals surface area contributed by atoms with E-state index in [-0.39, 0.29) is 0 Å². The van der Waals surface area contributed by atoms with Gasteiger partial charge in [-0.15, -0.1) is 11.3 Å². The van der Waals surface area contributed by atoms with Gasteiger partial charge in [0.15, 0.2) is 0 Å². The van der Waals surface area contributed by atoms with Crippen molar-refractivity contribution in [3.63, 3.8) is 0 Å². The smallest absolute Gasteiger partial charge is 0.0503 e. The van der Waals surface area contributed by atoms with Gasteiger partial charge in [-0.3, -0.25) is 0 Å². The van der Waals surface area contributed by atoms with E-state index in [4.69, 9.17) is 5.73 Å². The van der Waals surface area contributed by atoms with Crippen LogP contribution in [0.4, 0.5) is 5.69 Å². The third-order valence-corrected chi connectivity index (χ3v) is 3.24. The number of hydrogen-bond acceptors (Lipinski definition) is 2. The van der Waals surface area contributed by atoms with Gasteiger partial charge in [-0.05, 0) is 18.2 Å². The highest BCUT2D eigenvalue weighted by Crippen LogP contribution is 2.31. The molecule has 0 saturated carbocycles. The lowest BCUT2D eigenvalue weighted by atomic mass is 10.2. The largest absolute Gasteiger partial charge is 0.398 e. The summed E-state index contributed by atoms with van der Waals surface area (Å²) in [6.07, 6.45) is 1.95. The average molecular weight is 188 g/mol. The van der Waals surface area contributed by atoms with E-state index in [2.05, 4.69) is 23.2 Å². The number of aromatic nitrogens is 1. The van der Waals surface area contributed by atoms with E-state index < -0.39 is 0 Å². The molecule has 0 bridgehead atoms. The van der Waals surface area contributed by atoms with E-state index in [9.17, 15) is 0 Å². The summed E-state index contributed by atoms with van der Waals surface area (Å²) in [5, 5.41) is 4.39. The number of benzene rings is 1. The molecule has 13 heavy (non-hydrogen) atoms. The number of nitrogens with two attached hydrogens (primary N) is 1. The summed E-state index contributed by atoms with van der Waals surface area (Å²) in [5.41, 5.74) is 7.85. The molecule has 3 N–H and O–H groups in total. The van der Waals surface area contributed by atoms with E-state index in [0.717, 1.165) is 16.6 Å². The van der Waals surface area contributed by atoms with Crippen molar-refractivity contribution >= 4 is 38.0 Å². The molecule has 2 heterocycles. The lowest BCUT2D eigenvalue weighted by Crippen LogP contribution is -1.79. The van der Waals surface area contributed by atoms with E-state index in [1.807, 2.05) is 11.6 Å². The van der Waals surface area contributed by atoms with Crippen LogP contribution >= 0.6 is 11.3 Å². The number of aromatic amines is 1. The Morgan fingerprint density at radius 1 is 1.31 bits per heavy atom. The molecule has 0 spiro atoms. The Bertz CT molecular complexity index is 577. The van der Waals surface area contributed by atoms with Crippen LogP contribution in [0.2, 0.25) is 0 Å². The zero-order valence-electron chi connectivity index (χ0n) is 6.87. The summed E-state index contributed by atoms with van der Waals surface area (Å²) in [4.78, 5) is 3.18. The molecule has 0 saturated heterocycles. The van der Waals surface area contributed by atoms with Gasteiger partial charge in [-0.25, -0.2) is 0 Å². The summed E-state index contributed by atoms with van der Waals surface area (Å²) in [7, 11) is 0.